The fourth-order valence-corrected chi connectivity index (χ4v) is 2.25. The molecule has 1 aromatic rings. The van der Waals surface area contributed by atoms with Crippen LogP contribution in [0.15, 0.2) is 18.2 Å². The molecule has 1 saturated heterocycles. The number of amides is 2. The number of halogens is 1. The third-order valence-electron chi connectivity index (χ3n) is 3.39. The summed E-state index contributed by atoms with van der Waals surface area (Å²) < 4.78 is 23.3. The van der Waals surface area contributed by atoms with Gasteiger partial charge in [0.25, 0.3) is 5.91 Å². The highest BCUT2D eigenvalue weighted by Gasteiger charge is 2.29. The second-order valence-corrected chi connectivity index (χ2v) is 4.72. The van der Waals surface area contributed by atoms with Gasteiger partial charge in [0, 0.05) is 19.2 Å². The SMILES string of the molecule is COC(=O)NC1CCN(C(=O)c2ccc(OC)cc2F)C1. The van der Waals surface area contributed by atoms with Crippen molar-refractivity contribution in [2.45, 2.75) is 12.5 Å². The molecule has 1 aliphatic heterocycles. The molecule has 0 bridgehead atoms. The maximum absolute atomic E-state index is 13.9. The lowest BCUT2D eigenvalue weighted by Crippen LogP contribution is -2.38. The highest BCUT2D eigenvalue weighted by atomic mass is 19.1. The van der Waals surface area contributed by atoms with Crippen molar-refractivity contribution in [2.75, 3.05) is 27.3 Å². The van der Waals surface area contributed by atoms with Crippen molar-refractivity contribution < 1.29 is 23.5 Å². The number of ether oxygens (including phenoxy) is 2. The quantitative estimate of drug-likeness (QED) is 0.915. The maximum Gasteiger partial charge on any atom is 0.407 e. The summed E-state index contributed by atoms with van der Waals surface area (Å²) in [4.78, 5) is 24.9. The minimum atomic E-state index is -0.622. The molecular weight excluding hydrogens is 279 g/mol. The predicted octanol–water partition coefficient (Wildman–Crippen LogP) is 1.40. The van der Waals surface area contributed by atoms with Gasteiger partial charge in [-0.25, -0.2) is 9.18 Å². The van der Waals surface area contributed by atoms with Crippen LogP contribution in [0.25, 0.3) is 0 Å². The number of hydrogen-bond acceptors (Lipinski definition) is 4. The number of carbonyl (C=O) groups is 2. The second-order valence-electron chi connectivity index (χ2n) is 4.72. The van der Waals surface area contributed by atoms with Crippen LogP contribution in [0.2, 0.25) is 0 Å². The van der Waals surface area contributed by atoms with Crippen LogP contribution in [0.4, 0.5) is 9.18 Å². The molecule has 1 fully saturated rings. The van der Waals surface area contributed by atoms with E-state index in [1.165, 1.54) is 37.3 Å². The molecule has 1 atom stereocenters. The summed E-state index contributed by atoms with van der Waals surface area (Å²) in [6.07, 6.45) is 0.0726. The third kappa shape index (κ3) is 3.42. The largest absolute Gasteiger partial charge is 0.497 e. The van der Waals surface area contributed by atoms with Crippen molar-refractivity contribution in [3.8, 4) is 5.75 Å². The molecule has 2 rings (SSSR count). The predicted molar refractivity (Wildman–Crippen MR) is 72.8 cm³/mol. The van der Waals surface area contributed by atoms with Gasteiger partial charge in [0.15, 0.2) is 0 Å². The summed E-state index contributed by atoms with van der Waals surface area (Å²) in [6.45, 7) is 0.790. The molecule has 0 spiro atoms. The molecule has 0 aromatic heterocycles. The molecule has 1 N–H and O–H groups in total. The number of likely N-dealkylation sites (tertiary alicyclic amines) is 1. The molecule has 1 aromatic carbocycles. The highest BCUT2D eigenvalue weighted by Crippen LogP contribution is 2.20. The van der Waals surface area contributed by atoms with Crippen LogP contribution >= 0.6 is 0 Å². The second kappa shape index (κ2) is 6.43. The first-order valence-electron chi connectivity index (χ1n) is 6.52. The van der Waals surface area contributed by atoms with E-state index in [4.69, 9.17) is 4.74 Å². The van der Waals surface area contributed by atoms with Crippen molar-refractivity contribution in [1.82, 2.24) is 10.2 Å². The normalized spacial score (nSPS) is 17.5. The lowest BCUT2D eigenvalue weighted by molar-refractivity contribution is 0.0783. The van der Waals surface area contributed by atoms with Crippen molar-refractivity contribution in [1.29, 1.82) is 0 Å². The molecule has 7 heteroatoms. The average molecular weight is 296 g/mol. The van der Waals surface area contributed by atoms with Gasteiger partial charge in [-0.05, 0) is 18.6 Å². The Hall–Kier alpha value is -2.31. The Balaban J connectivity index is 2.03. The summed E-state index contributed by atoms with van der Waals surface area (Å²) in [5, 5.41) is 2.63. The van der Waals surface area contributed by atoms with Crippen LogP contribution in [0.5, 0.6) is 5.75 Å². The number of carbonyl (C=O) groups excluding carboxylic acids is 2. The molecule has 2 amide bonds. The third-order valence-corrected chi connectivity index (χ3v) is 3.39. The highest BCUT2D eigenvalue weighted by molar-refractivity contribution is 5.94. The van der Waals surface area contributed by atoms with E-state index in [0.717, 1.165) is 0 Å². The lowest BCUT2D eigenvalue weighted by Gasteiger charge is -2.17. The van der Waals surface area contributed by atoms with Crippen molar-refractivity contribution in [2.24, 2.45) is 0 Å². The standard InChI is InChI=1S/C14H17FN2O4/c1-20-10-3-4-11(12(15)7-10)13(18)17-6-5-9(8-17)16-14(19)21-2/h3-4,7,9H,5-6,8H2,1-2H3,(H,16,19). The first-order valence-corrected chi connectivity index (χ1v) is 6.52. The summed E-state index contributed by atoms with van der Waals surface area (Å²) >= 11 is 0. The maximum atomic E-state index is 13.9. The van der Waals surface area contributed by atoms with E-state index in [9.17, 15) is 14.0 Å². The first-order chi connectivity index (χ1) is 10.0. The summed E-state index contributed by atoms with van der Waals surface area (Å²) in [5.41, 5.74) is -0.00508. The molecule has 6 nitrogen and oxygen atoms in total. The number of alkyl carbamates (subject to hydrolysis) is 1. The fraction of sp³-hybridized carbons (Fsp3) is 0.429. The molecule has 0 radical (unpaired) electrons. The van der Waals surface area contributed by atoms with Gasteiger partial charge in [0.1, 0.15) is 11.6 Å². The van der Waals surface area contributed by atoms with E-state index < -0.39 is 17.8 Å². The zero-order valence-corrected chi connectivity index (χ0v) is 11.9. The number of benzene rings is 1. The molecule has 0 saturated carbocycles. The Morgan fingerprint density at radius 3 is 2.76 bits per heavy atom. The van der Waals surface area contributed by atoms with E-state index in [1.54, 1.807) is 0 Å². The lowest BCUT2D eigenvalue weighted by atomic mass is 10.2. The molecule has 1 unspecified atom stereocenters. The van der Waals surface area contributed by atoms with E-state index in [-0.39, 0.29) is 11.6 Å². The summed E-state index contributed by atoms with van der Waals surface area (Å²) in [6, 6.07) is 3.93. The smallest absolute Gasteiger partial charge is 0.407 e. The minimum Gasteiger partial charge on any atom is -0.497 e. The molecular formula is C14H17FN2O4. The molecule has 0 aliphatic carbocycles. The Kier molecular flexibility index (Phi) is 4.62. The molecule has 21 heavy (non-hydrogen) atoms. The van der Waals surface area contributed by atoms with Crippen molar-refractivity contribution in [3.05, 3.63) is 29.6 Å². The monoisotopic (exact) mass is 296 g/mol. The molecule has 1 aliphatic rings. The fourth-order valence-electron chi connectivity index (χ4n) is 2.25. The zero-order valence-electron chi connectivity index (χ0n) is 11.9. The van der Waals surface area contributed by atoms with E-state index in [0.29, 0.717) is 25.3 Å². The van der Waals surface area contributed by atoms with Crippen LogP contribution in [0.3, 0.4) is 0 Å². The Morgan fingerprint density at radius 2 is 2.14 bits per heavy atom. The van der Waals surface area contributed by atoms with E-state index >= 15 is 0 Å². The van der Waals surface area contributed by atoms with E-state index in [1.807, 2.05) is 0 Å². The number of nitrogens with one attached hydrogen (secondary N) is 1. The van der Waals surface area contributed by atoms with Gasteiger partial charge in [-0.2, -0.15) is 0 Å². The van der Waals surface area contributed by atoms with Gasteiger partial charge in [-0.1, -0.05) is 0 Å². The molecule has 1 heterocycles. The zero-order chi connectivity index (χ0) is 15.4. The van der Waals surface area contributed by atoms with Gasteiger partial charge in [-0.3, -0.25) is 4.79 Å². The van der Waals surface area contributed by atoms with Crippen molar-refractivity contribution >= 4 is 12.0 Å². The Bertz CT molecular complexity index is 550. The van der Waals surface area contributed by atoms with Crippen LogP contribution in [-0.2, 0) is 4.74 Å². The number of rotatable bonds is 3. The summed E-state index contributed by atoms with van der Waals surface area (Å²) in [7, 11) is 2.71. The summed E-state index contributed by atoms with van der Waals surface area (Å²) in [5.74, 6) is -0.663. The Morgan fingerprint density at radius 1 is 1.38 bits per heavy atom. The van der Waals surface area contributed by atoms with Crippen molar-refractivity contribution in [3.63, 3.8) is 0 Å². The Labute approximate surface area is 121 Å². The molecule has 114 valence electrons. The van der Waals surface area contributed by atoms with Gasteiger partial charge < -0.3 is 19.7 Å². The van der Waals surface area contributed by atoms with E-state index in [2.05, 4.69) is 10.1 Å². The number of nitrogens with zero attached hydrogens (tertiary/aromatic N) is 1. The minimum absolute atomic E-state index is 0.00508. The van der Waals surface area contributed by atoms with Crippen LogP contribution in [-0.4, -0.2) is 50.3 Å². The first kappa shape index (κ1) is 15.1. The van der Waals surface area contributed by atoms with Crippen LogP contribution in [0, 0.1) is 5.82 Å². The van der Waals surface area contributed by atoms with Crippen LogP contribution < -0.4 is 10.1 Å². The van der Waals surface area contributed by atoms with Gasteiger partial charge in [-0.15, -0.1) is 0 Å². The average Bonchev–Trinajstić information content (AvgIpc) is 2.94. The van der Waals surface area contributed by atoms with Gasteiger partial charge in [0.2, 0.25) is 0 Å². The van der Waals surface area contributed by atoms with Crippen LogP contribution in [0.1, 0.15) is 16.8 Å². The number of methoxy groups -OCH3 is 2. The van der Waals surface area contributed by atoms with Gasteiger partial charge >= 0.3 is 6.09 Å². The topological polar surface area (TPSA) is 67.9 Å². The van der Waals surface area contributed by atoms with Gasteiger partial charge in [0.05, 0.1) is 25.8 Å². The number of hydrogen-bond donors (Lipinski definition) is 1.